The summed E-state index contributed by atoms with van der Waals surface area (Å²) in [7, 11) is 0. The van der Waals surface area contributed by atoms with Gasteiger partial charge in [-0.25, -0.2) is 0 Å². The number of carbonyl (C=O) groups is 2. The maximum Gasteiger partial charge on any atom is 0.271 e. The van der Waals surface area contributed by atoms with Crippen molar-refractivity contribution in [3.05, 3.63) is 38.9 Å². The van der Waals surface area contributed by atoms with E-state index in [1.54, 1.807) is 0 Å². The fraction of sp³-hybridized carbons (Fsp3) is 0.333. The lowest BCUT2D eigenvalue weighted by molar-refractivity contribution is -0.384. The smallest absolute Gasteiger partial charge is 0.271 e. The molecule has 2 N–H and O–H groups in total. The summed E-state index contributed by atoms with van der Waals surface area (Å²) in [5, 5.41) is 10.5. The molecule has 0 saturated carbocycles. The molecule has 1 aromatic carbocycles. The summed E-state index contributed by atoms with van der Waals surface area (Å²) in [5.74, 6) is -0.803. The van der Waals surface area contributed by atoms with Crippen LogP contribution in [0.2, 0.25) is 5.02 Å². The molecule has 108 valence electrons. The molecule has 0 atom stereocenters. The average molecular weight is 300 g/mol. The molecule has 0 heterocycles. The fourth-order valence-electron chi connectivity index (χ4n) is 1.42. The molecular formula is C12H14ClN3O4. The Morgan fingerprint density at radius 1 is 1.35 bits per heavy atom. The zero-order valence-electron chi connectivity index (χ0n) is 11.0. The van der Waals surface area contributed by atoms with Crippen LogP contribution in [0, 0.1) is 16.0 Å². The molecule has 0 saturated heterocycles. The predicted octanol–water partition coefficient (Wildman–Crippen LogP) is 2.06. The number of non-ortho nitro benzene ring substituents is 1. The van der Waals surface area contributed by atoms with Crippen molar-refractivity contribution >= 4 is 29.1 Å². The maximum absolute atomic E-state index is 11.8. The van der Waals surface area contributed by atoms with Crippen LogP contribution in [0.1, 0.15) is 30.6 Å². The molecule has 0 aromatic heterocycles. The molecule has 0 aliphatic heterocycles. The highest BCUT2D eigenvalue weighted by Gasteiger charge is 2.15. The number of halogens is 1. The first kappa shape index (κ1) is 15.9. The van der Waals surface area contributed by atoms with Crippen molar-refractivity contribution < 1.29 is 14.5 Å². The first-order valence-electron chi connectivity index (χ1n) is 5.84. The molecule has 0 bridgehead atoms. The summed E-state index contributed by atoms with van der Waals surface area (Å²) in [5.41, 5.74) is 4.28. The first-order chi connectivity index (χ1) is 9.31. The minimum Gasteiger partial charge on any atom is -0.273 e. The van der Waals surface area contributed by atoms with Gasteiger partial charge in [-0.1, -0.05) is 25.4 Å². The van der Waals surface area contributed by atoms with Gasteiger partial charge in [-0.05, 0) is 12.0 Å². The summed E-state index contributed by atoms with van der Waals surface area (Å²) >= 11 is 5.79. The average Bonchev–Trinajstić information content (AvgIpc) is 2.34. The van der Waals surface area contributed by atoms with E-state index in [4.69, 9.17) is 11.6 Å². The van der Waals surface area contributed by atoms with E-state index < -0.39 is 10.8 Å². The van der Waals surface area contributed by atoms with E-state index in [-0.39, 0.29) is 34.5 Å². The summed E-state index contributed by atoms with van der Waals surface area (Å²) in [6.45, 7) is 3.74. The predicted molar refractivity (Wildman–Crippen MR) is 73.2 cm³/mol. The molecule has 0 unspecified atom stereocenters. The van der Waals surface area contributed by atoms with Crippen molar-refractivity contribution in [3.8, 4) is 0 Å². The van der Waals surface area contributed by atoms with E-state index in [1.165, 1.54) is 6.07 Å². The molecule has 0 fully saturated rings. The highest BCUT2D eigenvalue weighted by Crippen LogP contribution is 2.22. The largest absolute Gasteiger partial charge is 0.273 e. The normalized spacial score (nSPS) is 10.2. The van der Waals surface area contributed by atoms with Crippen LogP contribution < -0.4 is 10.9 Å². The number of nitrogens with zero attached hydrogens (tertiary/aromatic N) is 1. The van der Waals surface area contributed by atoms with Gasteiger partial charge in [0.05, 0.1) is 15.5 Å². The minimum atomic E-state index is -0.637. The van der Waals surface area contributed by atoms with Crippen molar-refractivity contribution in [2.24, 2.45) is 5.92 Å². The number of nitro groups is 1. The van der Waals surface area contributed by atoms with Gasteiger partial charge in [0.1, 0.15) is 0 Å². The van der Waals surface area contributed by atoms with Gasteiger partial charge in [-0.15, -0.1) is 0 Å². The Morgan fingerprint density at radius 3 is 2.50 bits per heavy atom. The Labute approximate surface area is 120 Å². The third-order valence-electron chi connectivity index (χ3n) is 2.32. The molecule has 0 radical (unpaired) electrons. The number of hydrogen-bond acceptors (Lipinski definition) is 4. The summed E-state index contributed by atoms with van der Waals surface area (Å²) in [6, 6.07) is 3.47. The fourth-order valence-corrected chi connectivity index (χ4v) is 1.68. The van der Waals surface area contributed by atoms with Gasteiger partial charge in [0.15, 0.2) is 0 Å². The van der Waals surface area contributed by atoms with Crippen LogP contribution in [0.15, 0.2) is 18.2 Å². The summed E-state index contributed by atoms with van der Waals surface area (Å²) < 4.78 is 0. The monoisotopic (exact) mass is 299 g/mol. The van der Waals surface area contributed by atoms with Crippen LogP contribution in [-0.4, -0.2) is 16.7 Å². The third-order valence-corrected chi connectivity index (χ3v) is 2.63. The number of rotatable bonds is 4. The zero-order chi connectivity index (χ0) is 15.3. The highest BCUT2D eigenvalue weighted by molar-refractivity contribution is 6.34. The quantitative estimate of drug-likeness (QED) is 0.656. The summed E-state index contributed by atoms with van der Waals surface area (Å²) in [6.07, 6.45) is 0.272. The molecule has 0 spiro atoms. The lowest BCUT2D eigenvalue weighted by Gasteiger charge is -2.09. The number of hydrogen-bond donors (Lipinski definition) is 2. The van der Waals surface area contributed by atoms with Crippen molar-refractivity contribution in [2.45, 2.75) is 20.3 Å². The van der Waals surface area contributed by atoms with E-state index >= 15 is 0 Å². The summed E-state index contributed by atoms with van der Waals surface area (Å²) in [4.78, 5) is 33.1. The first-order valence-corrected chi connectivity index (χ1v) is 6.22. The number of amides is 2. The van der Waals surface area contributed by atoms with Crippen molar-refractivity contribution in [1.29, 1.82) is 0 Å². The number of nitrogens with one attached hydrogen (secondary N) is 2. The van der Waals surface area contributed by atoms with Crippen LogP contribution in [0.3, 0.4) is 0 Å². The molecule has 1 rings (SSSR count). The van der Waals surface area contributed by atoms with Crippen molar-refractivity contribution in [1.82, 2.24) is 10.9 Å². The van der Waals surface area contributed by atoms with Crippen LogP contribution >= 0.6 is 11.6 Å². The Bertz CT molecular complexity index is 546. The molecule has 7 nitrogen and oxygen atoms in total. The molecule has 1 aromatic rings. The van der Waals surface area contributed by atoms with Gasteiger partial charge in [-0.3, -0.25) is 30.6 Å². The lowest BCUT2D eigenvalue weighted by atomic mass is 10.1. The van der Waals surface area contributed by atoms with E-state index in [2.05, 4.69) is 10.9 Å². The Balaban J connectivity index is 2.69. The SMILES string of the molecule is CC(C)CC(=O)NNC(=O)c1ccc([N+](=O)[O-])cc1Cl. The van der Waals surface area contributed by atoms with Gasteiger partial charge in [-0.2, -0.15) is 0 Å². The number of benzene rings is 1. The Morgan fingerprint density at radius 2 is 2.00 bits per heavy atom. The number of hydrazine groups is 1. The number of carbonyl (C=O) groups excluding carboxylic acids is 2. The van der Waals surface area contributed by atoms with Gasteiger partial charge >= 0.3 is 0 Å². The van der Waals surface area contributed by atoms with Crippen LogP contribution in [0.4, 0.5) is 5.69 Å². The van der Waals surface area contributed by atoms with Crippen LogP contribution in [0.5, 0.6) is 0 Å². The molecule has 20 heavy (non-hydrogen) atoms. The Kier molecular flexibility index (Phi) is 5.45. The van der Waals surface area contributed by atoms with Gasteiger partial charge in [0.25, 0.3) is 11.6 Å². The van der Waals surface area contributed by atoms with Crippen molar-refractivity contribution in [3.63, 3.8) is 0 Å². The topological polar surface area (TPSA) is 101 Å². The van der Waals surface area contributed by atoms with Gasteiger partial charge < -0.3 is 0 Å². The van der Waals surface area contributed by atoms with Crippen molar-refractivity contribution in [2.75, 3.05) is 0 Å². The second-order valence-corrected chi connectivity index (χ2v) is 4.93. The lowest BCUT2D eigenvalue weighted by Crippen LogP contribution is -2.42. The molecule has 0 aliphatic rings. The van der Waals surface area contributed by atoms with E-state index in [1.807, 2.05) is 13.8 Å². The molecule has 8 heteroatoms. The molecule has 2 amide bonds. The van der Waals surface area contributed by atoms with E-state index in [0.29, 0.717) is 0 Å². The third kappa shape index (κ3) is 4.51. The second kappa shape index (κ2) is 6.85. The van der Waals surface area contributed by atoms with E-state index in [9.17, 15) is 19.7 Å². The minimum absolute atomic E-state index is 0.0436. The number of nitro benzene ring substituents is 1. The second-order valence-electron chi connectivity index (χ2n) is 4.52. The molecular weight excluding hydrogens is 286 g/mol. The Hall–Kier alpha value is -2.15. The zero-order valence-corrected chi connectivity index (χ0v) is 11.7. The maximum atomic E-state index is 11.8. The van der Waals surface area contributed by atoms with Crippen LogP contribution in [0.25, 0.3) is 0 Å². The van der Waals surface area contributed by atoms with Gasteiger partial charge in [0, 0.05) is 18.6 Å². The van der Waals surface area contributed by atoms with Crippen LogP contribution in [-0.2, 0) is 4.79 Å². The highest BCUT2D eigenvalue weighted by atomic mass is 35.5. The van der Waals surface area contributed by atoms with E-state index in [0.717, 1.165) is 12.1 Å². The van der Waals surface area contributed by atoms with Gasteiger partial charge in [0.2, 0.25) is 5.91 Å². The standard InChI is InChI=1S/C12H14ClN3O4/c1-7(2)5-11(17)14-15-12(18)9-4-3-8(16(19)20)6-10(9)13/h3-4,6-7H,5H2,1-2H3,(H,14,17)(H,15,18). The molecule has 0 aliphatic carbocycles.